The summed E-state index contributed by atoms with van der Waals surface area (Å²) in [4.78, 5) is 26.4. The van der Waals surface area contributed by atoms with Gasteiger partial charge in [0.2, 0.25) is 11.8 Å². The molecule has 1 fully saturated rings. The van der Waals surface area contributed by atoms with Crippen LogP contribution in [0.4, 0.5) is 0 Å². The van der Waals surface area contributed by atoms with E-state index in [1.807, 2.05) is 37.8 Å². The molecule has 0 unspecified atom stereocenters. The molecular weight excluding hydrogens is 302 g/mol. The summed E-state index contributed by atoms with van der Waals surface area (Å²) in [5.41, 5.74) is 1.22. The van der Waals surface area contributed by atoms with Gasteiger partial charge in [-0.25, -0.2) is 0 Å². The Morgan fingerprint density at radius 1 is 1.21 bits per heavy atom. The topological polar surface area (TPSA) is 73.2 Å². The molecule has 1 saturated heterocycles. The molecule has 1 heterocycles. The predicted octanol–water partition coefficient (Wildman–Crippen LogP) is 2.46. The summed E-state index contributed by atoms with van der Waals surface area (Å²) in [7, 11) is 0. The second kappa shape index (κ2) is 7.48. The zero-order valence-corrected chi connectivity index (χ0v) is 14.6. The van der Waals surface area contributed by atoms with Gasteiger partial charge in [-0.05, 0) is 30.5 Å². The summed E-state index contributed by atoms with van der Waals surface area (Å²) < 4.78 is 0. The van der Waals surface area contributed by atoms with Crippen molar-refractivity contribution in [2.45, 2.75) is 40.2 Å². The van der Waals surface area contributed by atoms with E-state index in [4.69, 9.17) is 5.26 Å². The van der Waals surface area contributed by atoms with Crippen LogP contribution in [0.3, 0.4) is 0 Å². The third kappa shape index (κ3) is 4.58. The quantitative estimate of drug-likeness (QED) is 0.927. The third-order valence-electron chi connectivity index (χ3n) is 4.34. The van der Waals surface area contributed by atoms with Gasteiger partial charge in [0.25, 0.3) is 0 Å². The van der Waals surface area contributed by atoms with Crippen molar-refractivity contribution in [3.8, 4) is 6.07 Å². The number of hydrogen-bond acceptors (Lipinski definition) is 3. The largest absolute Gasteiger partial charge is 0.352 e. The van der Waals surface area contributed by atoms with Crippen LogP contribution in [0.25, 0.3) is 0 Å². The lowest BCUT2D eigenvalue weighted by Crippen LogP contribution is -2.46. The monoisotopic (exact) mass is 327 g/mol. The Morgan fingerprint density at radius 2 is 1.79 bits per heavy atom. The molecule has 24 heavy (non-hydrogen) atoms. The molecule has 0 bridgehead atoms. The number of rotatable bonds is 3. The van der Waals surface area contributed by atoms with Crippen molar-refractivity contribution in [3.05, 3.63) is 35.4 Å². The molecule has 0 aromatic heterocycles. The number of hydrogen-bond donors (Lipinski definition) is 1. The minimum atomic E-state index is -0.370. The lowest BCUT2D eigenvalue weighted by molar-refractivity contribution is -0.142. The Kier molecular flexibility index (Phi) is 5.61. The van der Waals surface area contributed by atoms with Crippen LogP contribution in [0.1, 0.15) is 44.7 Å². The van der Waals surface area contributed by atoms with Crippen molar-refractivity contribution in [1.29, 1.82) is 5.26 Å². The van der Waals surface area contributed by atoms with Gasteiger partial charge in [0, 0.05) is 31.0 Å². The molecule has 1 aliphatic heterocycles. The molecule has 0 aliphatic carbocycles. The molecule has 0 spiro atoms. The number of amides is 2. The summed E-state index contributed by atoms with van der Waals surface area (Å²) in [6.45, 7) is 7.52. The number of carbonyl (C=O) groups is 2. The molecular formula is C19H25N3O2. The highest BCUT2D eigenvalue weighted by Crippen LogP contribution is 2.23. The summed E-state index contributed by atoms with van der Waals surface area (Å²) in [5, 5.41) is 11.7. The second-order valence-corrected chi connectivity index (χ2v) is 7.34. The fourth-order valence-corrected chi connectivity index (χ4v) is 2.85. The molecule has 1 aromatic rings. The van der Waals surface area contributed by atoms with Crippen molar-refractivity contribution in [1.82, 2.24) is 10.2 Å². The summed E-state index contributed by atoms with van der Waals surface area (Å²) in [5.74, 6) is 0.161. The van der Waals surface area contributed by atoms with Gasteiger partial charge < -0.3 is 10.2 Å². The fourth-order valence-electron chi connectivity index (χ4n) is 2.85. The number of benzene rings is 1. The highest BCUT2D eigenvalue weighted by molar-refractivity contribution is 5.82. The Balaban J connectivity index is 1.80. The standard InChI is InChI=1S/C19H25N3O2/c1-19(2,3)18(24)22-10-8-16(9-11-22)17(23)21-13-15-6-4-14(12-20)5-7-15/h4-7,16H,8-11,13H2,1-3H3,(H,21,23). The lowest BCUT2D eigenvalue weighted by Gasteiger charge is -2.35. The first kappa shape index (κ1) is 18.0. The zero-order valence-electron chi connectivity index (χ0n) is 14.6. The summed E-state index contributed by atoms with van der Waals surface area (Å²) in [6.07, 6.45) is 1.42. The summed E-state index contributed by atoms with van der Waals surface area (Å²) >= 11 is 0. The maximum atomic E-state index is 12.3. The minimum Gasteiger partial charge on any atom is -0.352 e. The Labute approximate surface area is 143 Å². The van der Waals surface area contributed by atoms with Crippen molar-refractivity contribution in [2.75, 3.05) is 13.1 Å². The first-order chi connectivity index (χ1) is 11.3. The SMILES string of the molecule is CC(C)(C)C(=O)N1CCC(C(=O)NCc2ccc(C#N)cc2)CC1. The second-order valence-electron chi connectivity index (χ2n) is 7.34. The smallest absolute Gasteiger partial charge is 0.227 e. The number of likely N-dealkylation sites (tertiary alicyclic amines) is 1. The number of piperidine rings is 1. The van der Waals surface area contributed by atoms with Crippen LogP contribution in [-0.2, 0) is 16.1 Å². The molecule has 128 valence electrons. The minimum absolute atomic E-state index is 0.0348. The van der Waals surface area contributed by atoms with E-state index in [1.54, 1.807) is 12.1 Å². The van der Waals surface area contributed by atoms with Gasteiger partial charge in [0.1, 0.15) is 0 Å². The molecule has 5 nitrogen and oxygen atoms in total. The first-order valence-corrected chi connectivity index (χ1v) is 8.37. The van der Waals surface area contributed by atoms with Crippen LogP contribution in [0.2, 0.25) is 0 Å². The Bertz CT molecular complexity index is 630. The van der Waals surface area contributed by atoms with Gasteiger partial charge >= 0.3 is 0 Å². The van der Waals surface area contributed by atoms with Crippen molar-refractivity contribution in [2.24, 2.45) is 11.3 Å². The van der Waals surface area contributed by atoms with E-state index in [2.05, 4.69) is 11.4 Å². The molecule has 5 heteroatoms. The third-order valence-corrected chi connectivity index (χ3v) is 4.34. The van der Waals surface area contributed by atoms with E-state index < -0.39 is 0 Å². The normalized spacial score (nSPS) is 15.7. The Morgan fingerprint density at radius 3 is 2.29 bits per heavy atom. The van der Waals surface area contributed by atoms with Crippen LogP contribution in [-0.4, -0.2) is 29.8 Å². The van der Waals surface area contributed by atoms with Gasteiger partial charge in [-0.2, -0.15) is 5.26 Å². The van der Waals surface area contributed by atoms with Crippen LogP contribution in [0, 0.1) is 22.7 Å². The summed E-state index contributed by atoms with van der Waals surface area (Å²) in [6, 6.07) is 9.27. The van der Waals surface area contributed by atoms with Crippen LogP contribution >= 0.6 is 0 Å². The van der Waals surface area contributed by atoms with Crippen molar-refractivity contribution in [3.63, 3.8) is 0 Å². The molecule has 0 saturated carbocycles. The molecule has 2 amide bonds. The maximum absolute atomic E-state index is 12.3. The Hall–Kier alpha value is -2.35. The maximum Gasteiger partial charge on any atom is 0.227 e. The van der Waals surface area contributed by atoms with Crippen molar-refractivity contribution < 1.29 is 9.59 Å². The highest BCUT2D eigenvalue weighted by atomic mass is 16.2. The number of carbonyl (C=O) groups excluding carboxylic acids is 2. The number of nitrogens with one attached hydrogen (secondary N) is 1. The van der Waals surface area contributed by atoms with Crippen LogP contribution < -0.4 is 5.32 Å². The molecule has 0 radical (unpaired) electrons. The van der Waals surface area contributed by atoms with Gasteiger partial charge in [-0.3, -0.25) is 9.59 Å². The van der Waals surface area contributed by atoms with Gasteiger partial charge in [0.15, 0.2) is 0 Å². The van der Waals surface area contributed by atoms with Crippen LogP contribution in [0.15, 0.2) is 24.3 Å². The average molecular weight is 327 g/mol. The van der Waals surface area contributed by atoms with Gasteiger partial charge in [0.05, 0.1) is 11.6 Å². The van der Waals surface area contributed by atoms with Gasteiger partial charge in [-0.1, -0.05) is 32.9 Å². The van der Waals surface area contributed by atoms with E-state index in [0.29, 0.717) is 38.0 Å². The van der Waals surface area contributed by atoms with Crippen molar-refractivity contribution >= 4 is 11.8 Å². The lowest BCUT2D eigenvalue weighted by atomic mass is 9.90. The van der Waals surface area contributed by atoms with E-state index in [0.717, 1.165) is 5.56 Å². The number of nitriles is 1. The van der Waals surface area contributed by atoms with E-state index in [-0.39, 0.29) is 23.1 Å². The molecule has 1 aromatic carbocycles. The van der Waals surface area contributed by atoms with E-state index >= 15 is 0 Å². The predicted molar refractivity (Wildman–Crippen MR) is 91.8 cm³/mol. The number of nitrogens with zero attached hydrogens (tertiary/aromatic N) is 2. The fraction of sp³-hybridized carbons (Fsp3) is 0.526. The van der Waals surface area contributed by atoms with Crippen LogP contribution in [0.5, 0.6) is 0 Å². The molecule has 1 aliphatic rings. The molecule has 0 atom stereocenters. The molecule has 2 rings (SSSR count). The van der Waals surface area contributed by atoms with E-state index in [1.165, 1.54) is 0 Å². The average Bonchev–Trinajstić information content (AvgIpc) is 2.58. The van der Waals surface area contributed by atoms with E-state index in [9.17, 15) is 9.59 Å². The van der Waals surface area contributed by atoms with Gasteiger partial charge in [-0.15, -0.1) is 0 Å². The molecule has 1 N–H and O–H groups in total. The zero-order chi connectivity index (χ0) is 17.7. The first-order valence-electron chi connectivity index (χ1n) is 8.37. The highest BCUT2D eigenvalue weighted by Gasteiger charge is 2.32.